The zero-order valence-electron chi connectivity index (χ0n) is 36.5. The predicted octanol–water partition coefficient (Wildman–Crippen LogP) is 13.6. The van der Waals surface area contributed by atoms with Crippen molar-refractivity contribution >= 4 is 51.1 Å². The fourth-order valence-electron chi connectivity index (χ4n) is 8.13. The summed E-state index contributed by atoms with van der Waals surface area (Å²) < 4.78 is 71.9. The van der Waals surface area contributed by atoms with E-state index in [1.807, 2.05) is 84.9 Å². The van der Waals surface area contributed by atoms with Crippen molar-refractivity contribution in [2.75, 3.05) is 4.90 Å². The van der Waals surface area contributed by atoms with Crippen LogP contribution in [0.3, 0.4) is 0 Å². The Morgan fingerprint density at radius 2 is 1.10 bits per heavy atom. The van der Waals surface area contributed by atoms with Gasteiger partial charge in [0.1, 0.15) is 0 Å². The summed E-state index contributed by atoms with van der Waals surface area (Å²) in [6.45, 7) is -1.67. The number of hydrogen-bond acceptors (Lipinski definition) is 1. The average Bonchev–Trinajstić information content (AvgIpc) is 3.69. The first-order valence-electron chi connectivity index (χ1n) is 21.4. The fraction of sp³-hybridized carbons (Fsp3) is 0.120. The zero-order chi connectivity index (χ0) is 41.5. The predicted molar refractivity (Wildman–Crippen MR) is 219 cm³/mol. The molecule has 246 valence electrons. The maximum Gasteiger partial charge on any atom is 0.0629 e. The molecule has 0 heterocycles. The topological polar surface area (TPSA) is 3.24 Å². The molecule has 2 atom stereocenters. The van der Waals surface area contributed by atoms with Gasteiger partial charge in [-0.1, -0.05) is 173 Å². The van der Waals surface area contributed by atoms with Crippen molar-refractivity contribution in [2.45, 2.75) is 38.4 Å². The Balaban J connectivity index is 1.17. The summed E-state index contributed by atoms with van der Waals surface area (Å²) in [7, 11) is 0. The van der Waals surface area contributed by atoms with Crippen LogP contribution in [0.5, 0.6) is 0 Å². The minimum Gasteiger partial charge on any atom is -0.310 e. The summed E-state index contributed by atoms with van der Waals surface area (Å²) in [5.41, 5.74) is 6.23. The van der Waals surface area contributed by atoms with Gasteiger partial charge in [-0.15, -0.1) is 0 Å². The summed E-state index contributed by atoms with van der Waals surface area (Å²) in [5, 5.41) is 1.69. The molecule has 0 bridgehead atoms. The standard InChI is InChI=1S/C50H41N/c1-49(2)44-22-14-13-21-42(44)47-48(49)43-31-24-34(33-45(43)50(47,3)4)23-25-37-28-32-46(41-20-12-11-19-40(37)41)51(38-17-9-6-10-18-38)39-29-26-36(27-30-39)35-15-7-5-8-16-35/h5-33H,1-4H3/b25-23+/i1D3,3D3,23D,25D. The van der Waals surface area contributed by atoms with Crippen molar-refractivity contribution in [3.8, 4) is 11.1 Å². The first-order valence-corrected chi connectivity index (χ1v) is 17.4. The SMILES string of the molecule is [2H]/C(=C(/[2H])c1ccc(N(c2ccccc2)c2ccc(-c3ccccc3)cc2)c2ccccc12)c1ccc2c(c1)C(C)(C([2H])([2H])[2H])C1=C2C(C)(C([2H])([2H])[2H])c2ccccc21. The van der Waals surface area contributed by atoms with Crippen LogP contribution >= 0.6 is 0 Å². The number of benzene rings is 7. The van der Waals surface area contributed by atoms with Gasteiger partial charge in [0.25, 0.3) is 0 Å². The molecule has 0 N–H and O–H groups in total. The molecule has 1 heteroatoms. The molecule has 0 saturated carbocycles. The van der Waals surface area contributed by atoms with E-state index in [1.165, 1.54) is 0 Å². The molecule has 0 amide bonds. The normalized spacial score (nSPS) is 22.2. The number of fused-ring (bicyclic) bond motifs is 5. The molecule has 0 aromatic heterocycles. The lowest BCUT2D eigenvalue weighted by Gasteiger charge is -2.28. The van der Waals surface area contributed by atoms with Crippen LogP contribution in [0.25, 0.3) is 45.1 Å². The summed E-state index contributed by atoms with van der Waals surface area (Å²) in [4.78, 5) is 2.20. The van der Waals surface area contributed by atoms with E-state index >= 15 is 0 Å². The number of allylic oxidation sites excluding steroid dienone is 2. The molecule has 0 radical (unpaired) electrons. The van der Waals surface area contributed by atoms with E-state index in [9.17, 15) is 2.74 Å². The van der Waals surface area contributed by atoms with Crippen molar-refractivity contribution in [2.24, 2.45) is 0 Å². The van der Waals surface area contributed by atoms with Crippen LogP contribution in [0.2, 0.25) is 0 Å². The van der Waals surface area contributed by atoms with Crippen molar-refractivity contribution < 1.29 is 11.0 Å². The van der Waals surface area contributed by atoms with E-state index in [0.29, 0.717) is 44.5 Å². The van der Waals surface area contributed by atoms with Crippen LogP contribution in [0.15, 0.2) is 164 Å². The van der Waals surface area contributed by atoms with E-state index in [4.69, 9.17) is 8.22 Å². The number of anilines is 3. The van der Waals surface area contributed by atoms with Crippen LogP contribution in [0.4, 0.5) is 17.1 Å². The number of hydrogen-bond donors (Lipinski definition) is 0. The number of rotatable bonds is 6. The Morgan fingerprint density at radius 1 is 0.510 bits per heavy atom. The van der Waals surface area contributed by atoms with Crippen molar-refractivity contribution in [3.63, 3.8) is 0 Å². The van der Waals surface area contributed by atoms with Gasteiger partial charge in [0.15, 0.2) is 0 Å². The van der Waals surface area contributed by atoms with E-state index in [0.717, 1.165) is 39.0 Å². The lowest BCUT2D eigenvalue weighted by Crippen LogP contribution is -2.19. The Bertz CT molecular complexity index is 2840. The first kappa shape index (κ1) is 23.5. The zero-order valence-corrected chi connectivity index (χ0v) is 28.5. The number of para-hydroxylation sites is 1. The Morgan fingerprint density at radius 3 is 1.84 bits per heavy atom. The molecule has 2 aliphatic rings. The molecule has 51 heavy (non-hydrogen) atoms. The van der Waals surface area contributed by atoms with Gasteiger partial charge in [0.2, 0.25) is 0 Å². The monoisotopic (exact) mass is 663 g/mol. The molecule has 7 aromatic rings. The van der Waals surface area contributed by atoms with E-state index in [-0.39, 0.29) is 12.1 Å². The largest absolute Gasteiger partial charge is 0.310 e. The van der Waals surface area contributed by atoms with Crippen LogP contribution < -0.4 is 4.90 Å². The van der Waals surface area contributed by atoms with Crippen molar-refractivity contribution in [1.82, 2.24) is 0 Å². The molecule has 1 nitrogen and oxygen atoms in total. The van der Waals surface area contributed by atoms with E-state index in [2.05, 4.69) is 53.4 Å². The molecule has 0 spiro atoms. The molecule has 0 fully saturated rings. The molecular formula is C50H41N. The second-order valence-electron chi connectivity index (χ2n) is 13.8. The van der Waals surface area contributed by atoms with Gasteiger partial charge in [0.05, 0.1) is 8.43 Å². The molecule has 9 rings (SSSR count). The molecule has 0 aliphatic heterocycles. The van der Waals surface area contributed by atoms with Gasteiger partial charge in [-0.3, -0.25) is 0 Å². The van der Waals surface area contributed by atoms with Crippen LogP contribution in [0.1, 0.15) is 71.9 Å². The highest BCUT2D eigenvalue weighted by molar-refractivity contribution is 6.10. The van der Waals surface area contributed by atoms with Gasteiger partial charge in [-0.2, -0.15) is 0 Å². The molecule has 7 aromatic carbocycles. The third-order valence-corrected chi connectivity index (χ3v) is 10.5. The third kappa shape index (κ3) is 4.99. The van der Waals surface area contributed by atoms with Gasteiger partial charge in [-0.05, 0) is 91.4 Å². The highest BCUT2D eigenvalue weighted by Gasteiger charge is 2.49. The van der Waals surface area contributed by atoms with Crippen LogP contribution in [-0.2, 0) is 10.8 Å². The maximum absolute atomic E-state index is 9.52. The summed E-state index contributed by atoms with van der Waals surface area (Å²) in [5.74, 6) is 0. The lowest BCUT2D eigenvalue weighted by molar-refractivity contribution is 0.694. The average molecular weight is 664 g/mol. The van der Waals surface area contributed by atoms with E-state index < -0.39 is 24.5 Å². The van der Waals surface area contributed by atoms with Gasteiger partial charge < -0.3 is 4.90 Å². The number of nitrogens with zero attached hydrogens (tertiary/aromatic N) is 1. The summed E-state index contributed by atoms with van der Waals surface area (Å²) in [6, 6.07) is 53.0. The first-order chi connectivity index (χ1) is 28.2. The Kier molecular flexibility index (Phi) is 5.46. The molecular weight excluding hydrogens is 615 g/mol. The van der Waals surface area contributed by atoms with Crippen molar-refractivity contribution in [1.29, 1.82) is 0 Å². The Hall–Kier alpha value is -5.92. The third-order valence-electron chi connectivity index (χ3n) is 10.5. The summed E-state index contributed by atoms with van der Waals surface area (Å²) in [6.07, 6.45) is 0. The quantitative estimate of drug-likeness (QED) is 0.160. The minimum absolute atomic E-state index is 0.0158. The molecule has 2 aliphatic carbocycles. The lowest BCUT2D eigenvalue weighted by atomic mass is 9.75. The Labute approximate surface area is 313 Å². The highest BCUT2D eigenvalue weighted by Crippen LogP contribution is 2.62. The minimum atomic E-state index is -2.56. The van der Waals surface area contributed by atoms with Crippen LogP contribution in [0, 0.1) is 0 Å². The van der Waals surface area contributed by atoms with Crippen molar-refractivity contribution in [3.05, 3.63) is 197 Å². The smallest absolute Gasteiger partial charge is 0.0629 e. The maximum atomic E-state index is 9.52. The fourth-order valence-corrected chi connectivity index (χ4v) is 8.13. The second-order valence-corrected chi connectivity index (χ2v) is 13.8. The van der Waals surface area contributed by atoms with Gasteiger partial charge >= 0.3 is 0 Å². The highest BCUT2D eigenvalue weighted by atomic mass is 15.1. The van der Waals surface area contributed by atoms with E-state index in [1.54, 1.807) is 44.2 Å². The van der Waals surface area contributed by atoms with Gasteiger partial charge in [-0.25, -0.2) is 0 Å². The second kappa shape index (κ2) is 11.9. The van der Waals surface area contributed by atoms with Gasteiger partial charge in [0, 0.05) is 35.8 Å². The summed E-state index contributed by atoms with van der Waals surface area (Å²) >= 11 is 0. The molecule has 2 unspecified atom stereocenters. The molecule has 0 saturated heterocycles. The van der Waals surface area contributed by atoms with Crippen LogP contribution in [-0.4, -0.2) is 0 Å².